The monoisotopic (exact) mass is 278 g/mol. The number of aliphatic hydroxyl groups excluding tert-OH is 1. The maximum Gasteiger partial charge on any atom is 0.405 e. The maximum atomic E-state index is 12.3. The minimum atomic E-state index is -4.42. The summed E-state index contributed by atoms with van der Waals surface area (Å²) in [7, 11) is 1.40. The highest BCUT2D eigenvalue weighted by molar-refractivity contribution is 5.91. The summed E-state index contributed by atoms with van der Waals surface area (Å²) in [4.78, 5) is 12.0. The van der Waals surface area contributed by atoms with E-state index >= 15 is 0 Å². The van der Waals surface area contributed by atoms with E-state index in [1.165, 1.54) is 19.2 Å². The van der Waals surface area contributed by atoms with Crippen molar-refractivity contribution in [3.8, 4) is 0 Å². The number of amides is 1. The van der Waals surface area contributed by atoms with Gasteiger partial charge in [0.2, 0.25) is 0 Å². The van der Waals surface area contributed by atoms with E-state index in [1.54, 1.807) is 0 Å². The molecule has 106 valence electrons. The Morgan fingerprint density at radius 3 is 2.53 bits per heavy atom. The molecular weight excluding hydrogens is 265 g/mol. The average molecular weight is 278 g/mol. The molecule has 1 aromatic heterocycles. The number of rotatable bonds is 5. The van der Waals surface area contributed by atoms with Crippen molar-refractivity contribution < 1.29 is 23.1 Å². The molecule has 1 amide bonds. The second-order valence-corrected chi connectivity index (χ2v) is 3.62. The molecule has 1 aromatic rings. The molecule has 1 heterocycles. The summed E-state index contributed by atoms with van der Waals surface area (Å²) in [6.07, 6.45) is -4.42. The molecule has 0 saturated heterocycles. The molecular formula is C10H13F3N4O2. The Hall–Kier alpha value is -1.90. The summed E-state index contributed by atoms with van der Waals surface area (Å²) < 4.78 is 37.0. The van der Waals surface area contributed by atoms with E-state index in [0.29, 0.717) is 0 Å². The van der Waals surface area contributed by atoms with Crippen LogP contribution in [0.4, 0.5) is 19.0 Å². The highest BCUT2D eigenvalue weighted by atomic mass is 19.4. The summed E-state index contributed by atoms with van der Waals surface area (Å²) in [5.74, 6) is -0.539. The van der Waals surface area contributed by atoms with Crippen LogP contribution in [0.25, 0.3) is 0 Å². The Morgan fingerprint density at radius 2 is 2.11 bits per heavy atom. The first kappa shape index (κ1) is 15.2. The summed E-state index contributed by atoms with van der Waals surface area (Å²) in [5, 5.41) is 18.2. The second kappa shape index (κ2) is 6.32. The lowest BCUT2D eigenvalue weighted by atomic mass is 10.3. The zero-order valence-corrected chi connectivity index (χ0v) is 10.1. The third kappa shape index (κ3) is 4.70. The predicted molar refractivity (Wildman–Crippen MR) is 60.8 cm³/mol. The Labute approximate surface area is 107 Å². The minimum absolute atomic E-state index is 0.00204. The second-order valence-electron chi connectivity index (χ2n) is 3.62. The van der Waals surface area contributed by atoms with Gasteiger partial charge in [-0.15, -0.1) is 10.2 Å². The number of aromatic nitrogens is 2. The van der Waals surface area contributed by atoms with Crippen LogP contribution in [0.5, 0.6) is 0 Å². The van der Waals surface area contributed by atoms with E-state index in [2.05, 4.69) is 15.5 Å². The molecule has 0 aliphatic carbocycles. The molecule has 0 spiro atoms. The summed E-state index contributed by atoms with van der Waals surface area (Å²) in [6, 6.07) is 2.51. The molecule has 2 N–H and O–H groups in total. The zero-order chi connectivity index (χ0) is 14.5. The lowest BCUT2D eigenvalue weighted by Gasteiger charge is -2.23. The van der Waals surface area contributed by atoms with Crippen molar-refractivity contribution in [1.82, 2.24) is 15.5 Å². The molecule has 0 fully saturated rings. The van der Waals surface area contributed by atoms with Gasteiger partial charge in [0.25, 0.3) is 5.91 Å². The van der Waals surface area contributed by atoms with Gasteiger partial charge in [-0.2, -0.15) is 13.2 Å². The quantitative estimate of drug-likeness (QED) is 0.804. The van der Waals surface area contributed by atoms with Crippen LogP contribution < -0.4 is 10.2 Å². The van der Waals surface area contributed by atoms with E-state index in [9.17, 15) is 18.0 Å². The number of alkyl halides is 3. The van der Waals surface area contributed by atoms with E-state index in [0.717, 1.165) is 4.90 Å². The molecule has 0 radical (unpaired) electrons. The first-order valence-electron chi connectivity index (χ1n) is 5.35. The number of hydrogen-bond acceptors (Lipinski definition) is 5. The SMILES string of the molecule is CNC(=O)c1ccc(N(CCO)CC(F)(F)F)nn1. The van der Waals surface area contributed by atoms with Crippen molar-refractivity contribution in [1.29, 1.82) is 0 Å². The van der Waals surface area contributed by atoms with Gasteiger partial charge in [0.05, 0.1) is 6.61 Å². The predicted octanol–water partition coefficient (Wildman–Crippen LogP) is 0.197. The molecule has 1 rings (SSSR count). The van der Waals surface area contributed by atoms with Gasteiger partial charge >= 0.3 is 6.18 Å². The van der Waals surface area contributed by atoms with Crippen molar-refractivity contribution in [3.05, 3.63) is 17.8 Å². The Kier molecular flexibility index (Phi) is 5.04. The molecule has 0 aliphatic rings. The molecule has 0 aromatic carbocycles. The minimum Gasteiger partial charge on any atom is -0.395 e. The number of halogens is 3. The fourth-order valence-electron chi connectivity index (χ4n) is 1.35. The summed E-state index contributed by atoms with van der Waals surface area (Å²) in [5.41, 5.74) is 0.00204. The largest absolute Gasteiger partial charge is 0.405 e. The highest BCUT2D eigenvalue weighted by Crippen LogP contribution is 2.20. The van der Waals surface area contributed by atoms with E-state index in [1.807, 2.05) is 0 Å². The van der Waals surface area contributed by atoms with Crippen LogP contribution in [0.3, 0.4) is 0 Å². The Balaban J connectivity index is 2.88. The van der Waals surface area contributed by atoms with Gasteiger partial charge < -0.3 is 15.3 Å². The number of nitrogens with zero attached hydrogens (tertiary/aromatic N) is 3. The number of nitrogens with one attached hydrogen (secondary N) is 1. The molecule has 19 heavy (non-hydrogen) atoms. The van der Waals surface area contributed by atoms with Gasteiger partial charge in [-0.3, -0.25) is 4.79 Å². The number of carbonyl (C=O) groups is 1. The van der Waals surface area contributed by atoms with E-state index < -0.39 is 25.2 Å². The smallest absolute Gasteiger partial charge is 0.395 e. The van der Waals surface area contributed by atoms with Crippen LogP contribution >= 0.6 is 0 Å². The number of anilines is 1. The fourth-order valence-corrected chi connectivity index (χ4v) is 1.35. The van der Waals surface area contributed by atoms with Gasteiger partial charge in [0.1, 0.15) is 6.54 Å². The highest BCUT2D eigenvalue weighted by Gasteiger charge is 2.31. The lowest BCUT2D eigenvalue weighted by Crippen LogP contribution is -2.37. The van der Waals surface area contributed by atoms with Crippen LogP contribution in [0, 0.1) is 0 Å². The van der Waals surface area contributed by atoms with Gasteiger partial charge in [0, 0.05) is 13.6 Å². The van der Waals surface area contributed by atoms with Crippen LogP contribution in [0.1, 0.15) is 10.5 Å². The third-order valence-electron chi connectivity index (χ3n) is 2.17. The third-order valence-corrected chi connectivity index (χ3v) is 2.17. The van der Waals surface area contributed by atoms with Crippen LogP contribution in [-0.4, -0.2) is 54.1 Å². The van der Waals surface area contributed by atoms with Gasteiger partial charge in [0.15, 0.2) is 11.5 Å². The fraction of sp³-hybridized carbons (Fsp3) is 0.500. The average Bonchev–Trinajstić information content (AvgIpc) is 2.36. The molecule has 0 saturated carbocycles. The van der Waals surface area contributed by atoms with Gasteiger partial charge in [-0.25, -0.2) is 0 Å². The molecule has 0 unspecified atom stereocenters. The normalized spacial score (nSPS) is 11.2. The van der Waals surface area contributed by atoms with Crippen LogP contribution in [0.15, 0.2) is 12.1 Å². The van der Waals surface area contributed by atoms with Crippen LogP contribution in [-0.2, 0) is 0 Å². The maximum absolute atomic E-state index is 12.3. The Bertz CT molecular complexity index is 422. The molecule has 0 aliphatic heterocycles. The van der Waals surface area contributed by atoms with Crippen molar-refractivity contribution in [3.63, 3.8) is 0 Å². The van der Waals surface area contributed by atoms with Gasteiger partial charge in [-0.05, 0) is 12.1 Å². The van der Waals surface area contributed by atoms with Crippen molar-refractivity contribution in [2.45, 2.75) is 6.18 Å². The standard InChI is InChI=1S/C10H13F3N4O2/c1-14-9(19)7-2-3-8(16-15-7)17(4-5-18)6-10(11,12)13/h2-3,18H,4-6H2,1H3,(H,14,19). The number of aliphatic hydroxyl groups is 1. The lowest BCUT2D eigenvalue weighted by molar-refractivity contribution is -0.120. The topological polar surface area (TPSA) is 78.4 Å². The molecule has 0 bridgehead atoms. The molecule has 9 heteroatoms. The number of carbonyl (C=O) groups excluding carboxylic acids is 1. The van der Waals surface area contributed by atoms with E-state index in [4.69, 9.17) is 5.11 Å². The van der Waals surface area contributed by atoms with Crippen LogP contribution in [0.2, 0.25) is 0 Å². The first-order valence-corrected chi connectivity index (χ1v) is 5.35. The van der Waals surface area contributed by atoms with E-state index in [-0.39, 0.29) is 18.1 Å². The van der Waals surface area contributed by atoms with Crippen molar-refractivity contribution >= 4 is 11.7 Å². The van der Waals surface area contributed by atoms with Gasteiger partial charge in [-0.1, -0.05) is 0 Å². The summed E-state index contributed by atoms with van der Waals surface area (Å²) in [6.45, 7) is -1.93. The van der Waals surface area contributed by atoms with Crippen molar-refractivity contribution in [2.24, 2.45) is 0 Å². The molecule has 0 atom stereocenters. The first-order chi connectivity index (χ1) is 8.87. The zero-order valence-electron chi connectivity index (χ0n) is 10.1. The summed E-state index contributed by atoms with van der Waals surface area (Å²) >= 11 is 0. The van der Waals surface area contributed by atoms with Crippen molar-refractivity contribution in [2.75, 3.05) is 31.6 Å². The molecule has 6 nitrogen and oxygen atoms in total. The number of hydrogen-bond donors (Lipinski definition) is 2. The Morgan fingerprint density at radius 1 is 1.42 bits per heavy atom.